The Hall–Kier alpha value is -2.13. The van der Waals surface area contributed by atoms with E-state index in [0.29, 0.717) is 12.8 Å². The van der Waals surface area contributed by atoms with Gasteiger partial charge < -0.3 is 16.8 Å². The molecule has 1 amide bonds. The van der Waals surface area contributed by atoms with Crippen molar-refractivity contribution in [1.82, 2.24) is 10.0 Å². The first-order chi connectivity index (χ1) is 10.8. The van der Waals surface area contributed by atoms with E-state index in [1.807, 2.05) is 6.92 Å². The molecule has 0 saturated heterocycles. The first-order valence-electron chi connectivity index (χ1n) is 7.13. The van der Waals surface area contributed by atoms with Gasteiger partial charge in [-0.2, -0.15) is 0 Å². The van der Waals surface area contributed by atoms with Gasteiger partial charge >= 0.3 is 0 Å². The zero-order valence-electron chi connectivity index (χ0n) is 13.2. The highest BCUT2D eigenvalue weighted by Gasteiger charge is 2.14. The molecule has 6 N–H and O–H groups in total. The summed E-state index contributed by atoms with van der Waals surface area (Å²) in [5.74, 6) is -0.443. The highest BCUT2D eigenvalue weighted by atomic mass is 32.2. The Morgan fingerprint density at radius 3 is 2.48 bits per heavy atom. The lowest BCUT2D eigenvalue weighted by Gasteiger charge is -2.09. The lowest BCUT2D eigenvalue weighted by atomic mass is 10.1. The molecule has 1 atom stereocenters. The monoisotopic (exact) mass is 341 g/mol. The number of hydrogen-bond acceptors (Lipinski definition) is 5. The number of aryl methyl sites for hydroxylation is 1. The number of likely N-dealkylation sites (N-methyl/N-ethyl adjacent to an activating group) is 1. The average Bonchev–Trinajstić information content (AvgIpc) is 2.50. The maximum absolute atomic E-state index is 12.1. The molecule has 0 bridgehead atoms. The van der Waals surface area contributed by atoms with Crippen LogP contribution < -0.4 is 21.5 Å². The molecule has 0 fully saturated rings. The van der Waals surface area contributed by atoms with E-state index in [1.165, 1.54) is 19.2 Å². The van der Waals surface area contributed by atoms with Crippen molar-refractivity contribution in [2.24, 2.45) is 16.5 Å². The van der Waals surface area contributed by atoms with E-state index >= 15 is 0 Å². The van der Waals surface area contributed by atoms with Gasteiger partial charge in [0, 0.05) is 13.6 Å². The van der Waals surface area contributed by atoms with Gasteiger partial charge in [0.2, 0.25) is 11.9 Å². The summed E-state index contributed by atoms with van der Waals surface area (Å²) in [7, 11) is -2.23. The number of nitrogens with zero attached hydrogens (tertiary/aromatic N) is 1. The van der Waals surface area contributed by atoms with Crippen molar-refractivity contribution in [3.8, 4) is 0 Å². The predicted octanol–water partition coefficient (Wildman–Crippen LogP) is -0.558. The van der Waals surface area contributed by atoms with Gasteiger partial charge in [-0.05, 0) is 31.9 Å². The number of benzene rings is 1. The van der Waals surface area contributed by atoms with Crippen LogP contribution in [-0.4, -0.2) is 39.9 Å². The minimum atomic E-state index is -3.74. The molecule has 1 aromatic rings. The number of hydrogen-bond donors (Lipinski definition) is 4. The van der Waals surface area contributed by atoms with Crippen molar-refractivity contribution in [3.63, 3.8) is 0 Å². The fraction of sp³-hybridized carbons (Fsp3) is 0.429. The molecule has 0 aliphatic rings. The predicted molar refractivity (Wildman–Crippen MR) is 89.3 cm³/mol. The molecular formula is C14H23N5O3S. The van der Waals surface area contributed by atoms with Gasteiger partial charge in [-0.15, -0.1) is 0 Å². The molecular weight excluding hydrogens is 318 g/mol. The molecule has 0 spiro atoms. The second kappa shape index (κ2) is 8.49. The minimum Gasteiger partial charge on any atom is -0.369 e. The number of guanidine groups is 1. The van der Waals surface area contributed by atoms with Gasteiger partial charge in [0.1, 0.15) is 0 Å². The average molecular weight is 341 g/mol. The lowest BCUT2D eigenvalue weighted by Crippen LogP contribution is -2.39. The van der Waals surface area contributed by atoms with E-state index in [4.69, 9.17) is 11.5 Å². The molecule has 0 heterocycles. The topological polar surface area (TPSA) is 140 Å². The van der Waals surface area contributed by atoms with Gasteiger partial charge in [-0.25, -0.2) is 13.1 Å². The lowest BCUT2D eigenvalue weighted by molar-refractivity contribution is -0.122. The Kier molecular flexibility index (Phi) is 6.98. The Balaban J connectivity index is 2.53. The summed E-state index contributed by atoms with van der Waals surface area (Å²) in [6, 6.07) is 5.77. The first-order valence-corrected chi connectivity index (χ1v) is 8.61. The number of nitrogens with two attached hydrogens (primary N) is 2. The summed E-state index contributed by atoms with van der Waals surface area (Å²) in [4.78, 5) is 15.3. The molecule has 1 aromatic carbocycles. The molecule has 1 rings (SSSR count). The zero-order valence-corrected chi connectivity index (χ0v) is 14.1. The van der Waals surface area contributed by atoms with E-state index in [0.717, 1.165) is 5.56 Å². The largest absolute Gasteiger partial charge is 0.369 e. The summed E-state index contributed by atoms with van der Waals surface area (Å²) in [6.45, 7) is 2.14. The molecule has 0 radical (unpaired) electrons. The van der Waals surface area contributed by atoms with Crippen LogP contribution in [0.25, 0.3) is 0 Å². The van der Waals surface area contributed by atoms with Crippen molar-refractivity contribution < 1.29 is 13.2 Å². The Morgan fingerprint density at radius 1 is 1.30 bits per heavy atom. The quantitative estimate of drug-likeness (QED) is 0.299. The van der Waals surface area contributed by atoms with Crippen molar-refractivity contribution in [3.05, 3.63) is 29.8 Å². The Bertz CT molecular complexity index is 655. The SMILES string of the molecule is CNC(=O)[C@@H](N)CCCN=C(N)NS(=O)(=O)c1ccc(C)cc1. The molecule has 128 valence electrons. The highest BCUT2D eigenvalue weighted by molar-refractivity contribution is 7.90. The van der Waals surface area contributed by atoms with E-state index in [2.05, 4.69) is 15.0 Å². The molecule has 0 saturated carbocycles. The molecule has 9 heteroatoms. The third-order valence-electron chi connectivity index (χ3n) is 3.11. The molecule has 0 unspecified atom stereocenters. The molecule has 0 aromatic heterocycles. The van der Waals surface area contributed by atoms with E-state index in [1.54, 1.807) is 12.1 Å². The van der Waals surface area contributed by atoms with Crippen LogP contribution in [0.2, 0.25) is 0 Å². The number of carbonyl (C=O) groups excluding carboxylic acids is 1. The van der Waals surface area contributed by atoms with Crippen LogP contribution in [0.4, 0.5) is 0 Å². The van der Waals surface area contributed by atoms with E-state index in [9.17, 15) is 13.2 Å². The maximum atomic E-state index is 12.1. The molecule has 23 heavy (non-hydrogen) atoms. The Morgan fingerprint density at radius 2 is 1.91 bits per heavy atom. The third-order valence-corrected chi connectivity index (χ3v) is 4.48. The van der Waals surface area contributed by atoms with Gasteiger partial charge in [-0.1, -0.05) is 17.7 Å². The summed E-state index contributed by atoms with van der Waals surface area (Å²) < 4.78 is 26.4. The van der Waals surface area contributed by atoms with Crippen LogP contribution in [-0.2, 0) is 14.8 Å². The normalized spacial score (nSPS) is 13.4. The summed E-state index contributed by atoms with van der Waals surface area (Å²) in [6.07, 6.45) is 0.947. The number of sulfonamides is 1. The van der Waals surface area contributed by atoms with Gasteiger partial charge in [-0.3, -0.25) is 9.79 Å². The number of carbonyl (C=O) groups is 1. The first kappa shape index (κ1) is 18.9. The fourth-order valence-corrected chi connectivity index (χ4v) is 2.73. The van der Waals surface area contributed by atoms with Gasteiger partial charge in [0.05, 0.1) is 10.9 Å². The smallest absolute Gasteiger partial charge is 0.264 e. The van der Waals surface area contributed by atoms with Gasteiger partial charge in [0.15, 0.2) is 0 Å². The second-order valence-corrected chi connectivity index (χ2v) is 6.73. The van der Waals surface area contributed by atoms with Crippen LogP contribution in [0.5, 0.6) is 0 Å². The van der Waals surface area contributed by atoms with Crippen molar-refractivity contribution in [2.45, 2.75) is 30.7 Å². The van der Waals surface area contributed by atoms with Crippen molar-refractivity contribution in [1.29, 1.82) is 0 Å². The summed E-state index contributed by atoms with van der Waals surface area (Å²) in [5, 5.41) is 2.45. The number of rotatable bonds is 7. The number of aliphatic imine (C=N–C) groups is 1. The van der Waals surface area contributed by atoms with Crippen LogP contribution >= 0.6 is 0 Å². The second-order valence-electron chi connectivity index (χ2n) is 5.05. The number of nitrogens with one attached hydrogen (secondary N) is 2. The molecule has 0 aliphatic heterocycles. The minimum absolute atomic E-state index is 0.114. The Labute approximate surface area is 136 Å². The summed E-state index contributed by atoms with van der Waals surface area (Å²) >= 11 is 0. The van der Waals surface area contributed by atoms with Crippen LogP contribution in [0.3, 0.4) is 0 Å². The zero-order chi connectivity index (χ0) is 17.5. The van der Waals surface area contributed by atoms with Crippen LogP contribution in [0, 0.1) is 6.92 Å². The highest BCUT2D eigenvalue weighted by Crippen LogP contribution is 2.09. The van der Waals surface area contributed by atoms with Crippen molar-refractivity contribution >= 4 is 21.9 Å². The molecule has 0 aliphatic carbocycles. The van der Waals surface area contributed by atoms with E-state index < -0.39 is 16.1 Å². The van der Waals surface area contributed by atoms with Crippen LogP contribution in [0.1, 0.15) is 18.4 Å². The van der Waals surface area contributed by atoms with Crippen LogP contribution in [0.15, 0.2) is 34.2 Å². The van der Waals surface area contributed by atoms with Gasteiger partial charge in [0.25, 0.3) is 10.0 Å². The third kappa shape index (κ3) is 6.25. The fourth-order valence-electron chi connectivity index (χ4n) is 1.77. The maximum Gasteiger partial charge on any atom is 0.264 e. The number of amides is 1. The summed E-state index contributed by atoms with van der Waals surface area (Å²) in [5.41, 5.74) is 12.2. The molecule has 8 nitrogen and oxygen atoms in total. The standard InChI is InChI=1S/C14H23N5O3S/c1-10-5-7-11(8-6-10)23(21,22)19-14(16)18-9-3-4-12(15)13(20)17-2/h5-8,12H,3-4,9,15H2,1-2H3,(H,17,20)(H3,16,18,19)/t12-/m0/s1. The van der Waals surface area contributed by atoms with Crippen molar-refractivity contribution in [2.75, 3.05) is 13.6 Å². The van der Waals surface area contributed by atoms with E-state index in [-0.39, 0.29) is 23.3 Å².